The summed E-state index contributed by atoms with van der Waals surface area (Å²) in [5.74, 6) is 0.945. The van der Waals surface area contributed by atoms with E-state index in [9.17, 15) is 33.6 Å². The van der Waals surface area contributed by atoms with Gasteiger partial charge in [-0.1, -0.05) is 102 Å². The molecule has 3 aromatic carbocycles. The summed E-state index contributed by atoms with van der Waals surface area (Å²) in [5, 5.41) is 68.6. The van der Waals surface area contributed by atoms with Gasteiger partial charge in [0.25, 0.3) is 0 Å². The fraction of sp³-hybridized carbons (Fsp3) is 0.0820. The smallest absolute Gasteiger partial charge is 0.844 e. The average molecular weight is 1300 g/mol. The molecule has 440 valence electrons. The molecule has 0 atom stereocenters. The molecule has 32 heteroatoms. The summed E-state index contributed by atoms with van der Waals surface area (Å²) in [6, 6.07) is 44.8. The molecule has 93 heavy (non-hydrogen) atoms. The second-order valence-corrected chi connectivity index (χ2v) is 19.6. The normalized spacial score (nSPS) is 10.8. The van der Waals surface area contributed by atoms with Crippen molar-refractivity contribution in [3.05, 3.63) is 211 Å². The molecule has 0 unspecified atom stereocenters. The monoisotopic (exact) mass is 1300 g/mol. The van der Waals surface area contributed by atoms with Crippen LogP contribution in [0.2, 0.25) is 0 Å². The van der Waals surface area contributed by atoms with Crippen molar-refractivity contribution in [2.24, 2.45) is 0 Å². The summed E-state index contributed by atoms with van der Waals surface area (Å²) in [6.45, 7) is 7.89. The van der Waals surface area contributed by atoms with Gasteiger partial charge in [-0.25, -0.2) is 62.6 Å². The number of alkyl halides is 3. The van der Waals surface area contributed by atoms with Gasteiger partial charge in [-0.05, 0) is 76.2 Å². The standard InChI is InChI=1S/2C17H13N5O.C16H14N6O.C11H6F3N5O.4Al/c1-11-5-4-6-12(9-11)14-10-15-19-16(13-7-2-3-8-18-13)20-17(23)22(15)21-14;1-11-5-7-12(8-6-11)14-10-15-19-16(13-4-2-3-9-18-13)20-17(23)22(15)21-14;1-10-8-11(2)21(20-10)13-9-17-22-15(13)18-14(19-16(22)23)12-6-4-3-5-7-12;12-11(13,14)7-5-8-16-9(6-3-1-2-4-15-6)17-10(20)19(8)18-7;;;;/h2*2-10H,1H3,(H,19,20,23);3-9H,1-2H3,(H,18,19,23);1-5H,(H,16,17,20);;;;/q;;;;4*+3/p-4. The molecular formula is C61H42Al4F3N21O4+8. The van der Waals surface area contributed by atoms with Crippen molar-refractivity contribution in [3.63, 3.8) is 0 Å². The maximum Gasteiger partial charge on any atom is 3.00 e. The van der Waals surface area contributed by atoms with Gasteiger partial charge in [0, 0.05) is 59.2 Å². The minimum atomic E-state index is -4.65. The Morgan fingerprint density at radius 3 is 1.31 bits per heavy atom. The van der Waals surface area contributed by atoms with Crippen LogP contribution in [0.4, 0.5) is 13.2 Å². The summed E-state index contributed by atoms with van der Waals surface area (Å²) >= 11 is 0. The zero-order valence-electron chi connectivity index (χ0n) is 49.3. The van der Waals surface area contributed by atoms with E-state index in [0.717, 1.165) is 33.6 Å². The van der Waals surface area contributed by atoms with Gasteiger partial charge in [0.2, 0.25) is 0 Å². The van der Waals surface area contributed by atoms with Gasteiger partial charge in [0.05, 0.1) is 47.3 Å². The first-order valence-corrected chi connectivity index (χ1v) is 26.8. The number of hydrogen-bond donors (Lipinski definition) is 0. The molecule has 15 aromatic rings. The maximum atomic E-state index is 12.5. The van der Waals surface area contributed by atoms with E-state index >= 15 is 0 Å². The van der Waals surface area contributed by atoms with Crippen LogP contribution in [0.15, 0.2) is 183 Å². The first kappa shape index (κ1) is 68.5. The Morgan fingerprint density at radius 2 is 0.839 bits per heavy atom. The van der Waals surface area contributed by atoms with Crippen molar-refractivity contribution >= 4 is 92.0 Å². The van der Waals surface area contributed by atoms with Gasteiger partial charge >= 0.3 is 75.6 Å². The van der Waals surface area contributed by atoms with Crippen molar-refractivity contribution in [1.82, 2.24) is 103 Å². The minimum absolute atomic E-state index is 0. The number of nitrogens with zero attached hydrogens (tertiary/aromatic N) is 21. The van der Waals surface area contributed by atoms with Gasteiger partial charge in [0.15, 0.2) is 51.6 Å². The molecule has 12 aromatic heterocycles. The van der Waals surface area contributed by atoms with E-state index in [-0.39, 0.29) is 80.9 Å². The van der Waals surface area contributed by atoms with Crippen molar-refractivity contribution < 1.29 is 33.6 Å². The first-order chi connectivity index (χ1) is 43.0. The molecule has 0 fully saturated rings. The predicted octanol–water partition coefficient (Wildman–Crippen LogP) is 5.89. The van der Waals surface area contributed by atoms with Crippen LogP contribution >= 0.6 is 0 Å². The summed E-state index contributed by atoms with van der Waals surface area (Å²) in [7, 11) is 0. The van der Waals surface area contributed by atoms with Crippen LogP contribution in [-0.4, -0.2) is 173 Å². The Balaban J connectivity index is 0.000000157. The van der Waals surface area contributed by atoms with Gasteiger partial charge in [-0.2, -0.15) is 38.7 Å². The number of rotatable bonds is 7. The molecule has 0 amide bonds. The van der Waals surface area contributed by atoms with E-state index in [2.05, 4.69) is 80.3 Å². The molecule has 0 aliphatic heterocycles. The Labute approximate surface area is 567 Å². The third-order valence-electron chi connectivity index (χ3n) is 13.1. The third-order valence-corrected chi connectivity index (χ3v) is 13.1. The third kappa shape index (κ3) is 15.2. The second kappa shape index (κ2) is 29.3. The quantitative estimate of drug-likeness (QED) is 0.168. The maximum absolute atomic E-state index is 12.5. The van der Waals surface area contributed by atoms with E-state index in [1.165, 1.54) is 25.3 Å². The summed E-state index contributed by atoms with van der Waals surface area (Å²) in [6.07, 6.45) is 1.68. The van der Waals surface area contributed by atoms with Crippen LogP contribution in [0, 0.1) is 27.7 Å². The van der Waals surface area contributed by atoms with Crippen LogP contribution in [0.3, 0.4) is 0 Å². The first-order valence-electron chi connectivity index (χ1n) is 26.8. The second-order valence-electron chi connectivity index (χ2n) is 19.6. The molecular weight excluding hydrogens is 1260 g/mol. The molecule has 25 nitrogen and oxygen atoms in total. The molecule has 0 radical (unpaired) electrons. The number of pyridine rings is 3. The Hall–Kier alpha value is -10.4. The number of hydrogen-bond acceptors (Lipinski definition) is 20. The molecule has 0 saturated carbocycles. The van der Waals surface area contributed by atoms with Crippen LogP contribution in [0.5, 0.6) is 24.0 Å². The van der Waals surface area contributed by atoms with Crippen molar-refractivity contribution in [3.8, 4) is 98.2 Å². The van der Waals surface area contributed by atoms with Crippen molar-refractivity contribution in [2.45, 2.75) is 33.9 Å². The topological polar surface area (TPSA) is 321 Å². The molecule has 0 aliphatic carbocycles. The molecule has 0 bridgehead atoms. The molecule has 0 saturated heterocycles. The molecule has 0 N–H and O–H groups in total. The van der Waals surface area contributed by atoms with E-state index < -0.39 is 35.9 Å². The van der Waals surface area contributed by atoms with E-state index in [1.807, 2.05) is 125 Å². The number of benzene rings is 3. The zero-order valence-corrected chi connectivity index (χ0v) is 53.9. The van der Waals surface area contributed by atoms with Gasteiger partial charge in [0.1, 0.15) is 22.8 Å². The van der Waals surface area contributed by atoms with E-state index in [0.29, 0.717) is 79.2 Å². The SMILES string of the molecule is Cc1cc(C)n(-c2cnn3c([O-])nc(-c4ccccc4)nc23)n1.Cc1ccc(-c2cc3nc(-c4ccccn4)nc([O-])n3n2)cc1.Cc1cccc(-c2cc3nc(-c4ccccn4)nc([O-])n3n2)c1.[Al+3].[Al+3].[Al+3].[Al+3].[O-]c1nc(-c2ccccn2)nc2cc(C(F)(F)F)nn12. The summed E-state index contributed by atoms with van der Waals surface area (Å²) in [4.78, 5) is 45.0. The number of aromatic nitrogens is 21. The van der Waals surface area contributed by atoms with Gasteiger partial charge < -0.3 is 20.4 Å². The van der Waals surface area contributed by atoms with Crippen molar-refractivity contribution in [2.75, 3.05) is 0 Å². The van der Waals surface area contributed by atoms with Crippen LogP contribution in [-0.2, 0) is 6.18 Å². The molecule has 12 heterocycles. The molecule has 15 rings (SSSR count). The Kier molecular flexibility index (Phi) is 21.6. The predicted molar refractivity (Wildman–Crippen MR) is 331 cm³/mol. The molecule has 0 aliphatic rings. The van der Waals surface area contributed by atoms with E-state index in [4.69, 9.17) is 0 Å². The Bertz CT molecular complexity index is 5030. The van der Waals surface area contributed by atoms with Crippen LogP contribution < -0.4 is 20.4 Å². The fourth-order valence-electron chi connectivity index (χ4n) is 8.95. The van der Waals surface area contributed by atoms with Gasteiger partial charge in [-0.15, -0.1) is 0 Å². The number of fused-ring (bicyclic) bond motifs is 4. The van der Waals surface area contributed by atoms with Crippen molar-refractivity contribution in [1.29, 1.82) is 0 Å². The summed E-state index contributed by atoms with van der Waals surface area (Å²) < 4.78 is 43.5. The zero-order chi connectivity index (χ0) is 61.9. The largest absolute Gasteiger partial charge is 3.00 e. The minimum Gasteiger partial charge on any atom is -0.844 e. The van der Waals surface area contributed by atoms with Crippen LogP contribution in [0.25, 0.3) is 96.7 Å². The van der Waals surface area contributed by atoms with Crippen LogP contribution in [0.1, 0.15) is 28.2 Å². The number of aryl methyl sites for hydroxylation is 4. The van der Waals surface area contributed by atoms with Gasteiger partial charge in [-0.3, -0.25) is 15.0 Å². The fourth-order valence-corrected chi connectivity index (χ4v) is 8.95. The summed E-state index contributed by atoms with van der Waals surface area (Å²) in [5.41, 5.74) is 10.2. The number of halogens is 3. The Morgan fingerprint density at radius 1 is 0.376 bits per heavy atom. The average Bonchev–Trinajstić information content (AvgIpc) is 1.68. The molecule has 0 spiro atoms. The van der Waals surface area contributed by atoms with E-state index in [1.54, 1.807) is 77.9 Å².